The predicted molar refractivity (Wildman–Crippen MR) is 58.0 cm³/mol. The predicted octanol–water partition coefficient (Wildman–Crippen LogP) is 4.39. The highest BCUT2D eigenvalue weighted by molar-refractivity contribution is 9.11. The van der Waals surface area contributed by atoms with Gasteiger partial charge in [0.05, 0.1) is 4.47 Å². The molecule has 0 spiro atoms. The lowest BCUT2D eigenvalue weighted by atomic mass is 10.2. The molecule has 1 nitrogen and oxygen atoms in total. The first-order chi connectivity index (χ1) is 5.52. The topological polar surface area (TPSA) is 20.2 Å². The molecule has 0 fully saturated rings. The average Bonchev–Trinajstić information content (AvgIpc) is 1.96. The van der Waals surface area contributed by atoms with E-state index in [0.29, 0.717) is 10.0 Å². The summed E-state index contributed by atoms with van der Waals surface area (Å²) in [6.07, 6.45) is 0. The average molecular weight is 335 g/mol. The third-order valence-corrected chi connectivity index (χ3v) is 2.83. The third-order valence-electron chi connectivity index (χ3n) is 1.29. The molecule has 1 aromatic carbocycles. The number of phenols is 1. The third kappa shape index (κ3) is 2.28. The Labute approximate surface area is 96.9 Å². The minimum atomic E-state index is -0.723. The molecular weight excluding hydrogens is 331 g/mol. The van der Waals surface area contributed by atoms with Gasteiger partial charge < -0.3 is 5.11 Å². The second kappa shape index (κ2) is 4.18. The van der Waals surface area contributed by atoms with Gasteiger partial charge in [0.2, 0.25) is 0 Å². The van der Waals surface area contributed by atoms with Gasteiger partial charge in [-0.2, -0.15) is 0 Å². The number of aromatic hydroxyl groups is 1. The number of benzene rings is 1. The Balaban J connectivity index is 3.28. The number of halogens is 4. The number of alkyl halides is 2. The molecular formula is C7H4Br2Cl2O. The fourth-order valence-corrected chi connectivity index (χ4v) is 2.34. The van der Waals surface area contributed by atoms with Crippen molar-refractivity contribution in [1.29, 1.82) is 0 Å². The molecule has 0 saturated carbocycles. The molecule has 0 heterocycles. The first-order valence-corrected chi connectivity index (χ1v) is 5.44. The molecule has 0 amide bonds. The lowest BCUT2D eigenvalue weighted by molar-refractivity contribution is 0.466. The van der Waals surface area contributed by atoms with Gasteiger partial charge in [-0.25, -0.2) is 0 Å². The molecule has 0 aliphatic rings. The van der Waals surface area contributed by atoms with E-state index in [1.807, 2.05) is 0 Å². The van der Waals surface area contributed by atoms with Gasteiger partial charge in [-0.05, 0) is 28.1 Å². The van der Waals surface area contributed by atoms with Crippen LogP contribution in [0.2, 0.25) is 0 Å². The van der Waals surface area contributed by atoms with Crippen molar-refractivity contribution in [3.8, 4) is 5.75 Å². The highest BCUT2D eigenvalue weighted by atomic mass is 79.9. The zero-order valence-corrected chi connectivity index (χ0v) is 10.4. The lowest BCUT2D eigenvalue weighted by Gasteiger charge is -2.07. The maximum Gasteiger partial charge on any atom is 0.136 e. The normalized spacial score (nSPS) is 10.8. The van der Waals surface area contributed by atoms with Crippen molar-refractivity contribution in [2.45, 2.75) is 4.84 Å². The monoisotopic (exact) mass is 332 g/mol. The number of hydrogen-bond acceptors (Lipinski definition) is 1. The van der Waals surface area contributed by atoms with Crippen LogP contribution in [0.4, 0.5) is 0 Å². The number of phenolic OH excluding ortho intramolecular Hbond substituents is 1. The van der Waals surface area contributed by atoms with Gasteiger partial charge in [-0.15, -0.1) is 0 Å². The van der Waals surface area contributed by atoms with Crippen molar-refractivity contribution in [2.24, 2.45) is 0 Å². The van der Waals surface area contributed by atoms with Gasteiger partial charge in [0.25, 0.3) is 0 Å². The van der Waals surface area contributed by atoms with Crippen molar-refractivity contribution in [3.05, 3.63) is 26.6 Å². The quantitative estimate of drug-likeness (QED) is 0.755. The van der Waals surface area contributed by atoms with E-state index < -0.39 is 4.84 Å². The van der Waals surface area contributed by atoms with Crippen LogP contribution in [0.15, 0.2) is 21.1 Å². The maximum absolute atomic E-state index is 9.46. The number of hydrogen-bond donors (Lipinski definition) is 1. The molecule has 1 N–H and O–H groups in total. The molecule has 0 radical (unpaired) electrons. The molecule has 12 heavy (non-hydrogen) atoms. The first kappa shape index (κ1) is 10.6. The van der Waals surface area contributed by atoms with Crippen LogP contribution in [0.3, 0.4) is 0 Å². The van der Waals surface area contributed by atoms with Crippen molar-refractivity contribution in [2.75, 3.05) is 0 Å². The Bertz CT molecular complexity index is 302. The number of rotatable bonds is 1. The highest BCUT2D eigenvalue weighted by Crippen LogP contribution is 2.39. The summed E-state index contributed by atoms with van der Waals surface area (Å²) < 4.78 is 1.38. The van der Waals surface area contributed by atoms with Crippen molar-refractivity contribution in [1.82, 2.24) is 0 Å². The summed E-state index contributed by atoms with van der Waals surface area (Å²) in [7, 11) is 0. The molecule has 5 heteroatoms. The molecule has 0 atom stereocenters. The zero-order valence-electron chi connectivity index (χ0n) is 5.69. The minimum absolute atomic E-state index is 0.0770. The van der Waals surface area contributed by atoms with Crippen LogP contribution >= 0.6 is 55.1 Å². The zero-order chi connectivity index (χ0) is 9.30. The Hall–Kier alpha value is 0.560. The van der Waals surface area contributed by atoms with Gasteiger partial charge in [0, 0.05) is 10.0 Å². The Morgan fingerprint density at radius 1 is 1.25 bits per heavy atom. The molecule has 66 valence electrons. The smallest absolute Gasteiger partial charge is 0.136 e. The first-order valence-electron chi connectivity index (χ1n) is 2.98. The summed E-state index contributed by atoms with van der Waals surface area (Å²) in [5.74, 6) is 0.0770. The van der Waals surface area contributed by atoms with Crippen LogP contribution in [0.5, 0.6) is 5.75 Å². The minimum Gasteiger partial charge on any atom is -0.506 e. The fraction of sp³-hybridized carbons (Fsp3) is 0.143. The summed E-state index contributed by atoms with van der Waals surface area (Å²) in [6.45, 7) is 0. The summed E-state index contributed by atoms with van der Waals surface area (Å²) >= 11 is 17.7. The second-order valence-electron chi connectivity index (χ2n) is 2.13. The van der Waals surface area contributed by atoms with E-state index in [9.17, 15) is 5.11 Å². The Kier molecular flexibility index (Phi) is 3.71. The molecule has 0 aromatic heterocycles. The van der Waals surface area contributed by atoms with Crippen LogP contribution in [0, 0.1) is 0 Å². The summed E-state index contributed by atoms with van der Waals surface area (Å²) in [5.41, 5.74) is 0.486. The summed E-state index contributed by atoms with van der Waals surface area (Å²) in [6, 6.07) is 3.39. The van der Waals surface area contributed by atoms with E-state index in [1.165, 1.54) is 0 Å². The fourth-order valence-electron chi connectivity index (χ4n) is 0.752. The van der Waals surface area contributed by atoms with E-state index in [4.69, 9.17) is 23.2 Å². The van der Waals surface area contributed by atoms with E-state index in [1.54, 1.807) is 12.1 Å². The van der Waals surface area contributed by atoms with Gasteiger partial charge in [0.15, 0.2) is 0 Å². The van der Waals surface area contributed by atoms with Crippen molar-refractivity contribution < 1.29 is 5.11 Å². The van der Waals surface area contributed by atoms with E-state index in [2.05, 4.69) is 31.9 Å². The van der Waals surface area contributed by atoms with Crippen LogP contribution < -0.4 is 0 Å². The molecule has 0 saturated heterocycles. The Morgan fingerprint density at radius 3 is 2.33 bits per heavy atom. The van der Waals surface area contributed by atoms with Gasteiger partial charge in [-0.1, -0.05) is 39.1 Å². The van der Waals surface area contributed by atoms with Crippen LogP contribution in [-0.4, -0.2) is 5.11 Å². The van der Waals surface area contributed by atoms with Crippen LogP contribution in [0.25, 0.3) is 0 Å². The van der Waals surface area contributed by atoms with Crippen LogP contribution in [-0.2, 0) is 0 Å². The molecule has 0 aliphatic heterocycles. The Morgan fingerprint density at radius 2 is 1.83 bits per heavy atom. The highest BCUT2D eigenvalue weighted by Gasteiger charge is 2.12. The summed E-state index contributed by atoms with van der Waals surface area (Å²) in [4.78, 5) is -0.723. The maximum atomic E-state index is 9.46. The van der Waals surface area contributed by atoms with E-state index in [-0.39, 0.29) is 5.75 Å². The van der Waals surface area contributed by atoms with Gasteiger partial charge in [-0.3, -0.25) is 0 Å². The SMILES string of the molecule is Oc1c(Br)cc(Br)cc1C(Cl)Cl. The molecule has 0 aliphatic carbocycles. The molecule has 0 bridgehead atoms. The second-order valence-corrected chi connectivity index (χ2v) is 4.99. The molecule has 1 rings (SSSR count). The van der Waals surface area contributed by atoms with Crippen molar-refractivity contribution >= 4 is 55.1 Å². The van der Waals surface area contributed by atoms with E-state index in [0.717, 1.165) is 4.47 Å². The standard InChI is InChI=1S/C7H4Br2Cl2O/c8-3-1-4(7(10)11)6(12)5(9)2-3/h1-2,7,12H. The van der Waals surface area contributed by atoms with Crippen LogP contribution in [0.1, 0.15) is 10.4 Å². The van der Waals surface area contributed by atoms with E-state index >= 15 is 0 Å². The van der Waals surface area contributed by atoms with Gasteiger partial charge in [0.1, 0.15) is 10.6 Å². The lowest BCUT2D eigenvalue weighted by Crippen LogP contribution is -1.84. The van der Waals surface area contributed by atoms with Crippen molar-refractivity contribution in [3.63, 3.8) is 0 Å². The summed E-state index contributed by atoms with van der Waals surface area (Å²) in [5, 5.41) is 9.46. The largest absolute Gasteiger partial charge is 0.506 e. The van der Waals surface area contributed by atoms with Gasteiger partial charge >= 0.3 is 0 Å². The molecule has 1 aromatic rings. The molecule has 0 unspecified atom stereocenters.